The van der Waals surface area contributed by atoms with Crippen molar-refractivity contribution in [2.24, 2.45) is 0 Å². The summed E-state index contributed by atoms with van der Waals surface area (Å²) >= 11 is 0. The minimum atomic E-state index is -1.35. The molecule has 0 aliphatic carbocycles. The first-order chi connectivity index (χ1) is 10.5. The predicted molar refractivity (Wildman–Crippen MR) is 79.1 cm³/mol. The highest BCUT2D eigenvalue weighted by Gasteiger charge is 2.18. The molecule has 2 aromatic carbocycles. The minimum absolute atomic E-state index is 0.331. The van der Waals surface area contributed by atoms with Crippen molar-refractivity contribution in [3.63, 3.8) is 0 Å². The fraction of sp³-hybridized carbons (Fsp3) is 0.125. The quantitative estimate of drug-likeness (QED) is 0.693. The van der Waals surface area contributed by atoms with E-state index in [0.29, 0.717) is 22.2 Å². The molecule has 0 aliphatic heterocycles. The number of halogens is 1. The number of nitrogens with one attached hydrogen (secondary N) is 1. The van der Waals surface area contributed by atoms with Crippen LogP contribution in [0, 0.1) is 5.82 Å². The first-order valence-electron chi connectivity index (χ1n) is 6.65. The molecule has 112 valence electrons. The maximum Gasteiger partial charge on any atom is 0.338 e. The maximum atomic E-state index is 13.9. The van der Waals surface area contributed by atoms with Gasteiger partial charge in [-0.1, -0.05) is 6.07 Å². The highest BCUT2D eigenvalue weighted by molar-refractivity contribution is 5.91. The minimum Gasteiger partial charge on any atom is -0.478 e. The first kappa shape index (κ1) is 14.2. The number of aliphatic hydroxyl groups is 1. The molecule has 1 unspecified atom stereocenters. The Morgan fingerprint density at radius 2 is 2.09 bits per heavy atom. The third-order valence-corrected chi connectivity index (χ3v) is 3.55. The van der Waals surface area contributed by atoms with E-state index in [-0.39, 0.29) is 0 Å². The van der Waals surface area contributed by atoms with E-state index in [1.54, 1.807) is 24.5 Å². The van der Waals surface area contributed by atoms with Gasteiger partial charge in [-0.3, -0.25) is 0 Å². The SMILES string of the molecule is CC(O)c1cc(F)c(C(=O)O)cc1-c1ccc2[nH]cnc2c1. The standard InChI is InChI=1S/C16H13FN2O3/c1-8(20)10-6-13(17)12(16(21)22)5-11(10)9-2-3-14-15(4-9)19-7-18-14/h2-8,20H,1H3,(H,18,19)(H,21,22). The van der Waals surface area contributed by atoms with Crippen molar-refractivity contribution in [3.8, 4) is 11.1 Å². The largest absolute Gasteiger partial charge is 0.478 e. The van der Waals surface area contributed by atoms with Crippen LogP contribution in [0.5, 0.6) is 0 Å². The van der Waals surface area contributed by atoms with E-state index >= 15 is 0 Å². The number of hydrogen-bond donors (Lipinski definition) is 3. The van der Waals surface area contributed by atoms with Crippen LogP contribution in [0.25, 0.3) is 22.2 Å². The van der Waals surface area contributed by atoms with Gasteiger partial charge in [0.2, 0.25) is 0 Å². The van der Waals surface area contributed by atoms with Gasteiger partial charge in [-0.15, -0.1) is 0 Å². The van der Waals surface area contributed by atoms with Gasteiger partial charge in [0.05, 0.1) is 29.0 Å². The lowest BCUT2D eigenvalue weighted by atomic mass is 9.94. The number of benzene rings is 2. The molecule has 5 nitrogen and oxygen atoms in total. The molecule has 1 heterocycles. The topological polar surface area (TPSA) is 86.2 Å². The van der Waals surface area contributed by atoms with Crippen molar-refractivity contribution in [3.05, 3.63) is 53.6 Å². The highest BCUT2D eigenvalue weighted by atomic mass is 19.1. The Morgan fingerprint density at radius 1 is 1.32 bits per heavy atom. The van der Waals surface area contributed by atoms with Crippen molar-refractivity contribution >= 4 is 17.0 Å². The molecule has 0 amide bonds. The van der Waals surface area contributed by atoms with Crippen LogP contribution in [0.4, 0.5) is 4.39 Å². The third kappa shape index (κ3) is 2.33. The molecule has 0 spiro atoms. The Morgan fingerprint density at radius 3 is 2.77 bits per heavy atom. The lowest BCUT2D eigenvalue weighted by Gasteiger charge is -2.14. The van der Waals surface area contributed by atoms with E-state index in [9.17, 15) is 14.3 Å². The summed E-state index contributed by atoms with van der Waals surface area (Å²) in [6, 6.07) is 7.64. The van der Waals surface area contributed by atoms with Crippen molar-refractivity contribution in [2.45, 2.75) is 13.0 Å². The monoisotopic (exact) mass is 300 g/mol. The molecule has 0 saturated heterocycles. The molecule has 1 atom stereocenters. The van der Waals surface area contributed by atoms with E-state index in [4.69, 9.17) is 5.11 Å². The second-order valence-corrected chi connectivity index (χ2v) is 5.03. The van der Waals surface area contributed by atoms with Gasteiger partial charge in [-0.2, -0.15) is 0 Å². The zero-order valence-electron chi connectivity index (χ0n) is 11.7. The van der Waals surface area contributed by atoms with E-state index < -0.39 is 23.5 Å². The Kier molecular flexibility index (Phi) is 3.38. The van der Waals surface area contributed by atoms with Crippen molar-refractivity contribution in [2.75, 3.05) is 0 Å². The number of carboxylic acid groups (broad SMARTS) is 1. The Hall–Kier alpha value is -2.73. The summed E-state index contributed by atoms with van der Waals surface area (Å²) < 4.78 is 13.9. The van der Waals surface area contributed by atoms with Crippen molar-refractivity contribution < 1.29 is 19.4 Å². The van der Waals surface area contributed by atoms with Crippen LogP contribution >= 0.6 is 0 Å². The summed E-state index contributed by atoms with van der Waals surface area (Å²) in [4.78, 5) is 18.2. The van der Waals surface area contributed by atoms with Gasteiger partial charge in [-0.25, -0.2) is 14.2 Å². The molecule has 22 heavy (non-hydrogen) atoms. The molecule has 6 heteroatoms. The molecule has 0 bridgehead atoms. The smallest absolute Gasteiger partial charge is 0.338 e. The summed E-state index contributed by atoms with van der Waals surface area (Å²) in [7, 11) is 0. The first-order valence-corrected chi connectivity index (χ1v) is 6.65. The molecule has 1 aromatic heterocycles. The van der Waals surface area contributed by atoms with Gasteiger partial charge in [-0.05, 0) is 47.9 Å². The van der Waals surface area contributed by atoms with Crippen LogP contribution in [0.1, 0.15) is 28.9 Å². The lowest BCUT2D eigenvalue weighted by Crippen LogP contribution is -2.05. The average Bonchev–Trinajstić information content (AvgIpc) is 2.93. The van der Waals surface area contributed by atoms with Crippen LogP contribution in [-0.2, 0) is 0 Å². The van der Waals surface area contributed by atoms with Crippen LogP contribution in [0.2, 0.25) is 0 Å². The number of H-pyrrole nitrogens is 1. The number of aromatic carboxylic acids is 1. The second kappa shape index (κ2) is 5.23. The van der Waals surface area contributed by atoms with Crippen molar-refractivity contribution in [1.29, 1.82) is 0 Å². The summed E-state index contributed by atoms with van der Waals surface area (Å²) in [6.07, 6.45) is 0.624. The zero-order valence-corrected chi connectivity index (χ0v) is 11.7. The summed E-state index contributed by atoms with van der Waals surface area (Å²) in [5, 5.41) is 18.9. The summed E-state index contributed by atoms with van der Waals surface area (Å²) in [5.41, 5.74) is 2.58. The van der Waals surface area contributed by atoms with Crippen LogP contribution in [0.15, 0.2) is 36.7 Å². The number of aromatic nitrogens is 2. The van der Waals surface area contributed by atoms with E-state index in [2.05, 4.69) is 9.97 Å². The number of nitrogens with zero attached hydrogens (tertiary/aromatic N) is 1. The van der Waals surface area contributed by atoms with E-state index in [1.807, 2.05) is 0 Å². The van der Waals surface area contributed by atoms with Gasteiger partial charge < -0.3 is 15.2 Å². The van der Waals surface area contributed by atoms with Gasteiger partial charge in [0.1, 0.15) is 5.82 Å². The number of aromatic amines is 1. The van der Waals surface area contributed by atoms with Crippen LogP contribution in [-0.4, -0.2) is 26.2 Å². The molecule has 0 saturated carbocycles. The fourth-order valence-electron chi connectivity index (χ4n) is 2.45. The molecule has 3 rings (SSSR count). The zero-order chi connectivity index (χ0) is 15.9. The number of carboxylic acids is 1. The number of carbonyl (C=O) groups is 1. The average molecular weight is 300 g/mol. The fourth-order valence-corrected chi connectivity index (χ4v) is 2.45. The molecular weight excluding hydrogens is 287 g/mol. The molecule has 3 aromatic rings. The number of imidazole rings is 1. The molecule has 0 fully saturated rings. The highest BCUT2D eigenvalue weighted by Crippen LogP contribution is 2.32. The lowest BCUT2D eigenvalue weighted by molar-refractivity contribution is 0.0691. The Bertz CT molecular complexity index is 871. The van der Waals surface area contributed by atoms with Gasteiger partial charge in [0, 0.05) is 0 Å². The van der Waals surface area contributed by atoms with Crippen LogP contribution < -0.4 is 0 Å². The maximum absolute atomic E-state index is 13.9. The second-order valence-electron chi connectivity index (χ2n) is 5.03. The summed E-state index contributed by atoms with van der Waals surface area (Å²) in [6.45, 7) is 1.51. The number of rotatable bonds is 3. The Labute approximate surface area is 125 Å². The Balaban J connectivity index is 2.26. The van der Waals surface area contributed by atoms with E-state index in [1.165, 1.54) is 13.0 Å². The van der Waals surface area contributed by atoms with Crippen LogP contribution in [0.3, 0.4) is 0 Å². The molecule has 0 aliphatic rings. The predicted octanol–water partition coefficient (Wildman–Crippen LogP) is 3.12. The van der Waals surface area contributed by atoms with E-state index in [0.717, 1.165) is 11.6 Å². The molecule has 3 N–H and O–H groups in total. The summed E-state index contributed by atoms with van der Waals surface area (Å²) in [5.74, 6) is -2.22. The number of hydrogen-bond acceptors (Lipinski definition) is 3. The number of aliphatic hydroxyl groups excluding tert-OH is 1. The van der Waals surface area contributed by atoms with Crippen molar-refractivity contribution in [1.82, 2.24) is 9.97 Å². The molecular formula is C16H13FN2O3. The normalized spacial score (nSPS) is 12.5. The van der Waals surface area contributed by atoms with Gasteiger partial charge in [0.15, 0.2) is 0 Å². The third-order valence-electron chi connectivity index (χ3n) is 3.55. The van der Waals surface area contributed by atoms with Gasteiger partial charge in [0.25, 0.3) is 0 Å². The molecule has 0 radical (unpaired) electrons. The number of fused-ring (bicyclic) bond motifs is 1. The van der Waals surface area contributed by atoms with Gasteiger partial charge >= 0.3 is 5.97 Å².